The molecule has 0 rings (SSSR count). The molecule has 58 heavy (non-hydrogen) atoms. The summed E-state index contributed by atoms with van der Waals surface area (Å²) >= 11 is 0. The second kappa shape index (κ2) is 40.4. The molecule has 0 aromatic carbocycles. The smallest absolute Gasteiger partial charge is 0.462 e. The van der Waals surface area contributed by atoms with Crippen molar-refractivity contribution in [1.82, 2.24) is 0 Å². The lowest BCUT2D eigenvalue weighted by atomic mass is 10.1. The number of hydrogen-bond donors (Lipinski definition) is 1. The van der Waals surface area contributed by atoms with Crippen LogP contribution in [0.4, 0.5) is 0 Å². The van der Waals surface area contributed by atoms with Gasteiger partial charge in [0.25, 0.3) is 0 Å². The number of likely N-dealkylation sites (N-methyl/N-ethyl adjacent to an activating group) is 1. The molecule has 0 radical (unpaired) electrons. The summed E-state index contributed by atoms with van der Waals surface area (Å²) in [7, 11) is 1.46. The Morgan fingerprint density at radius 3 is 1.48 bits per heavy atom. The van der Waals surface area contributed by atoms with E-state index in [4.69, 9.17) is 18.5 Å². The topological polar surface area (TPSA) is 108 Å². The minimum Gasteiger partial charge on any atom is -0.462 e. The van der Waals surface area contributed by atoms with Crippen LogP contribution in [0, 0.1) is 0 Å². The fourth-order valence-electron chi connectivity index (χ4n) is 6.20. The van der Waals surface area contributed by atoms with Crippen LogP contribution in [0.1, 0.15) is 194 Å². The number of carbonyl (C=O) groups excluding carboxylic acids is 2. The van der Waals surface area contributed by atoms with Crippen LogP contribution in [0.2, 0.25) is 0 Å². The fraction of sp³-hybridized carbons (Fsp3) is 0.792. The second-order valence-corrected chi connectivity index (χ2v) is 18.2. The van der Waals surface area contributed by atoms with Crippen molar-refractivity contribution in [3.63, 3.8) is 0 Å². The minimum absolute atomic E-state index is 0.0266. The van der Waals surface area contributed by atoms with Gasteiger partial charge in [-0.25, -0.2) is 4.57 Å². The van der Waals surface area contributed by atoms with Crippen LogP contribution in [0.25, 0.3) is 0 Å². The molecule has 1 N–H and O–H groups in total. The zero-order valence-corrected chi connectivity index (χ0v) is 38.9. The van der Waals surface area contributed by atoms with Crippen LogP contribution < -0.4 is 0 Å². The Balaban J connectivity index is 4.32. The first kappa shape index (κ1) is 56.0. The third-order valence-corrected chi connectivity index (χ3v) is 10.8. The Morgan fingerprint density at radius 2 is 0.983 bits per heavy atom. The molecule has 338 valence electrons. The van der Waals surface area contributed by atoms with E-state index in [1.54, 1.807) is 0 Å². The third kappa shape index (κ3) is 43.5. The molecule has 0 aliphatic heterocycles. The summed E-state index contributed by atoms with van der Waals surface area (Å²) in [5, 5.41) is 0. The van der Waals surface area contributed by atoms with Gasteiger partial charge in [-0.05, 0) is 70.6 Å². The zero-order chi connectivity index (χ0) is 42.8. The van der Waals surface area contributed by atoms with Crippen LogP contribution in [-0.2, 0) is 32.7 Å². The first-order chi connectivity index (χ1) is 28.0. The summed E-state index contributed by atoms with van der Waals surface area (Å²) in [5.74, 6) is -0.820. The Labute approximate surface area is 356 Å². The number of unbranched alkanes of at least 4 members (excludes halogenated alkanes) is 20. The van der Waals surface area contributed by atoms with Gasteiger partial charge in [-0.3, -0.25) is 18.6 Å². The fourth-order valence-corrected chi connectivity index (χ4v) is 6.94. The molecule has 0 amide bonds. The minimum atomic E-state index is -4.38. The second-order valence-electron chi connectivity index (χ2n) is 16.8. The highest BCUT2D eigenvalue weighted by molar-refractivity contribution is 7.47. The van der Waals surface area contributed by atoms with E-state index in [2.05, 4.69) is 62.5 Å². The van der Waals surface area contributed by atoms with Gasteiger partial charge in [-0.1, -0.05) is 159 Å². The van der Waals surface area contributed by atoms with E-state index in [1.807, 2.05) is 21.1 Å². The van der Waals surface area contributed by atoms with E-state index < -0.39 is 26.5 Å². The number of quaternary nitrogens is 1. The molecule has 2 atom stereocenters. The highest BCUT2D eigenvalue weighted by Gasteiger charge is 2.27. The van der Waals surface area contributed by atoms with Gasteiger partial charge in [0, 0.05) is 12.8 Å². The quantitative estimate of drug-likeness (QED) is 0.0213. The molecule has 9 nitrogen and oxygen atoms in total. The van der Waals surface area contributed by atoms with Gasteiger partial charge in [0.1, 0.15) is 19.8 Å². The molecule has 1 unspecified atom stereocenters. The highest BCUT2D eigenvalue weighted by Crippen LogP contribution is 2.43. The average molecular weight is 839 g/mol. The Bertz CT molecular complexity index is 1130. The van der Waals surface area contributed by atoms with Gasteiger partial charge in [0.2, 0.25) is 0 Å². The number of ether oxygens (including phenoxy) is 2. The van der Waals surface area contributed by atoms with Gasteiger partial charge >= 0.3 is 19.8 Å². The van der Waals surface area contributed by atoms with Crippen molar-refractivity contribution in [2.45, 2.75) is 200 Å². The predicted molar refractivity (Wildman–Crippen MR) is 243 cm³/mol. The summed E-state index contributed by atoms with van der Waals surface area (Å²) < 4.78 is 34.3. The van der Waals surface area contributed by atoms with Crippen molar-refractivity contribution < 1.29 is 42.1 Å². The van der Waals surface area contributed by atoms with Crippen LogP contribution in [0.15, 0.2) is 48.6 Å². The monoisotopic (exact) mass is 839 g/mol. The maximum atomic E-state index is 12.7. The van der Waals surface area contributed by atoms with Crippen molar-refractivity contribution in [2.24, 2.45) is 0 Å². The summed E-state index contributed by atoms with van der Waals surface area (Å²) in [6.07, 6.45) is 47.3. The van der Waals surface area contributed by atoms with Crippen LogP contribution >= 0.6 is 7.82 Å². The standard InChI is InChI=1S/C48H88NO8P/c1-6-8-10-12-14-16-18-20-22-23-24-25-27-28-30-32-34-36-38-40-47(50)54-44-46(45-56-58(52,53)55-43-42-49(3,4)5)57-48(51)41-39-37-35-33-31-29-26-21-19-17-15-13-11-9-7-2/h9,11,15,17,20-22,26,46H,6-8,10,12-14,16,18-19,23-25,27-45H2,1-5H3/p+1/b11-9+,17-15+,22-20+,26-21+/t46-/m1/s1. The summed E-state index contributed by atoms with van der Waals surface area (Å²) in [6.45, 7) is 4.29. The van der Waals surface area contributed by atoms with Crippen molar-refractivity contribution >= 4 is 19.8 Å². The van der Waals surface area contributed by atoms with Crippen molar-refractivity contribution in [3.05, 3.63) is 48.6 Å². The SMILES string of the molecule is CC/C=C/C/C=C/C/C=C/CCCCCCCC(=O)O[C@H](COC(=O)CCCCCCCCCCC/C=C/CCCCCCCC)COP(=O)(O)OCC[N+](C)(C)C. The summed E-state index contributed by atoms with van der Waals surface area (Å²) in [4.78, 5) is 35.4. The molecule has 0 aromatic heterocycles. The maximum Gasteiger partial charge on any atom is 0.472 e. The van der Waals surface area contributed by atoms with Crippen molar-refractivity contribution in [2.75, 3.05) is 47.5 Å². The first-order valence-electron chi connectivity index (χ1n) is 23.4. The average Bonchev–Trinajstić information content (AvgIpc) is 3.17. The molecule has 0 saturated carbocycles. The lowest BCUT2D eigenvalue weighted by Gasteiger charge is -2.24. The van der Waals surface area contributed by atoms with E-state index in [1.165, 1.54) is 89.9 Å². The molecule has 0 heterocycles. The lowest BCUT2D eigenvalue weighted by Crippen LogP contribution is -2.37. The molecule has 0 aromatic rings. The Morgan fingerprint density at radius 1 is 0.552 bits per heavy atom. The molecule has 0 bridgehead atoms. The molecular weight excluding hydrogens is 750 g/mol. The van der Waals surface area contributed by atoms with Gasteiger partial charge in [-0.2, -0.15) is 0 Å². The first-order valence-corrected chi connectivity index (χ1v) is 24.9. The Kier molecular flexibility index (Phi) is 39.0. The number of hydrogen-bond acceptors (Lipinski definition) is 7. The van der Waals surface area contributed by atoms with Gasteiger partial charge in [0.15, 0.2) is 6.10 Å². The largest absolute Gasteiger partial charge is 0.472 e. The van der Waals surface area contributed by atoms with E-state index in [-0.39, 0.29) is 32.0 Å². The molecule has 0 aliphatic rings. The number of rotatable bonds is 42. The number of phosphoric acid groups is 1. The molecule has 0 aliphatic carbocycles. The van der Waals surface area contributed by atoms with Crippen LogP contribution in [0.5, 0.6) is 0 Å². The van der Waals surface area contributed by atoms with Crippen molar-refractivity contribution in [3.8, 4) is 0 Å². The molecular formula is C48H89NO8P+. The van der Waals surface area contributed by atoms with Crippen LogP contribution in [-0.4, -0.2) is 74.9 Å². The molecule has 0 fully saturated rings. The van der Waals surface area contributed by atoms with Gasteiger partial charge in [-0.15, -0.1) is 0 Å². The number of nitrogens with zero attached hydrogens (tertiary/aromatic N) is 1. The van der Waals surface area contributed by atoms with Gasteiger partial charge in [0.05, 0.1) is 27.7 Å². The van der Waals surface area contributed by atoms with E-state index in [0.29, 0.717) is 17.4 Å². The van der Waals surface area contributed by atoms with Crippen LogP contribution in [0.3, 0.4) is 0 Å². The van der Waals surface area contributed by atoms with E-state index in [0.717, 1.165) is 70.6 Å². The maximum absolute atomic E-state index is 12.7. The van der Waals surface area contributed by atoms with E-state index >= 15 is 0 Å². The number of esters is 2. The Hall–Kier alpha value is -2.03. The summed E-state index contributed by atoms with van der Waals surface area (Å²) in [6, 6.07) is 0. The number of carbonyl (C=O) groups is 2. The molecule has 10 heteroatoms. The normalized spacial score (nSPS) is 14.0. The third-order valence-electron chi connectivity index (χ3n) is 9.84. The van der Waals surface area contributed by atoms with Gasteiger partial charge < -0.3 is 18.9 Å². The predicted octanol–water partition coefficient (Wildman–Crippen LogP) is 13.5. The number of allylic oxidation sites excluding steroid dienone is 8. The van der Waals surface area contributed by atoms with Crippen molar-refractivity contribution in [1.29, 1.82) is 0 Å². The number of phosphoric ester groups is 1. The molecule has 0 saturated heterocycles. The van der Waals surface area contributed by atoms with E-state index in [9.17, 15) is 19.0 Å². The highest BCUT2D eigenvalue weighted by atomic mass is 31.2. The molecule has 0 spiro atoms. The summed E-state index contributed by atoms with van der Waals surface area (Å²) in [5.41, 5.74) is 0. The lowest BCUT2D eigenvalue weighted by molar-refractivity contribution is -0.870. The zero-order valence-electron chi connectivity index (χ0n) is 38.0.